The molecule has 0 radical (unpaired) electrons. The summed E-state index contributed by atoms with van der Waals surface area (Å²) in [5.74, 6) is 0. The van der Waals surface area contributed by atoms with Crippen LogP contribution in [0, 0.1) is 0 Å². The van der Waals surface area contributed by atoms with Crippen LogP contribution < -0.4 is 0 Å². The van der Waals surface area contributed by atoms with Crippen LogP contribution >= 0.6 is 0 Å². The number of nitrogens with zero attached hydrogens (tertiary/aromatic N) is 4. The molecule has 2 aliphatic rings. The van der Waals surface area contributed by atoms with E-state index in [4.69, 9.17) is 0 Å². The number of fused-ring (bicyclic) bond motifs is 22. The van der Waals surface area contributed by atoms with Crippen molar-refractivity contribution in [3.8, 4) is 89.5 Å². The maximum atomic E-state index is 2.51. The number of rotatable bonds is 12. The first-order chi connectivity index (χ1) is 66.5. The fourth-order valence-electron chi connectivity index (χ4n) is 23.4. The molecule has 134 heavy (non-hydrogen) atoms. The normalized spacial score (nSPS) is 12.9. The quantitative estimate of drug-likeness (QED) is 0.116. The smallest absolute Gasteiger partial charge is 0.0720 e. The Hall–Kier alpha value is -17.4. The SMILES string of the molecule is c1ccc(-c2cccc(-n3c4ccc(-c5ccc6c(c5)c5ccccc5n6-c5ccc6ccccc6c5)cc4c4c5c(ccc43)-c3ccccc3C5(c3ccccc3)c3ccccc3)c2)cc1.c1ccc(-c2cccc(-n3c4ccc(-c5ccc6c(c5)c5ccccc5n6-c5ccc6ccccc6c5)cc4c4c5c(ccc43)C(c3ccccc3)(c3ccccc3)c3ccccc3-5)c2)cc1. The zero-order chi connectivity index (χ0) is 88.1. The van der Waals surface area contributed by atoms with Crippen molar-refractivity contribution in [3.63, 3.8) is 0 Å². The average Bonchev–Trinajstić information content (AvgIpc) is 1.51. The monoisotopic (exact) mass is 1700 g/mol. The Bertz CT molecular complexity index is 9160. The summed E-state index contributed by atoms with van der Waals surface area (Å²) in [6.07, 6.45) is 0. The van der Waals surface area contributed by atoms with E-state index in [0.29, 0.717) is 0 Å². The van der Waals surface area contributed by atoms with Gasteiger partial charge in [-0.15, -0.1) is 0 Å². The van der Waals surface area contributed by atoms with Crippen LogP contribution in [0.15, 0.2) is 510 Å². The molecule has 0 saturated heterocycles. The molecule has 0 unspecified atom stereocenters. The number of aromatic nitrogens is 4. The molecule has 0 aliphatic heterocycles. The summed E-state index contributed by atoms with van der Waals surface area (Å²) in [6, 6.07) is 189. The van der Waals surface area contributed by atoms with Gasteiger partial charge in [0.25, 0.3) is 0 Å². The van der Waals surface area contributed by atoms with Gasteiger partial charge in [0.05, 0.1) is 55.0 Å². The summed E-state index contributed by atoms with van der Waals surface area (Å²) in [5, 5.41) is 15.0. The van der Waals surface area contributed by atoms with Crippen LogP contribution in [0.2, 0.25) is 0 Å². The van der Waals surface area contributed by atoms with Gasteiger partial charge < -0.3 is 18.3 Å². The molecule has 624 valence electrons. The molecule has 2 aliphatic carbocycles. The molecule has 4 nitrogen and oxygen atoms in total. The largest absolute Gasteiger partial charge is 0.309 e. The third-order valence-corrected chi connectivity index (χ3v) is 29.1. The van der Waals surface area contributed by atoms with Gasteiger partial charge in [-0.3, -0.25) is 0 Å². The van der Waals surface area contributed by atoms with Gasteiger partial charge in [0.2, 0.25) is 0 Å². The number of hydrogen-bond acceptors (Lipinski definition) is 0. The van der Waals surface area contributed by atoms with Gasteiger partial charge in [-0.1, -0.05) is 388 Å². The van der Waals surface area contributed by atoms with Crippen molar-refractivity contribution in [2.45, 2.75) is 10.8 Å². The van der Waals surface area contributed by atoms with Crippen LogP contribution in [0.1, 0.15) is 44.5 Å². The van der Waals surface area contributed by atoms with Gasteiger partial charge in [0.1, 0.15) is 0 Å². The third kappa shape index (κ3) is 11.6. The molecule has 0 spiro atoms. The average molecular weight is 1700 g/mol. The van der Waals surface area contributed by atoms with E-state index in [-0.39, 0.29) is 0 Å². The first-order valence-electron chi connectivity index (χ1n) is 46.5. The summed E-state index contributed by atoms with van der Waals surface area (Å²) in [5.41, 5.74) is 38.1. The van der Waals surface area contributed by atoms with Crippen molar-refractivity contribution in [1.29, 1.82) is 0 Å². The van der Waals surface area contributed by atoms with Gasteiger partial charge in [-0.2, -0.15) is 0 Å². The van der Waals surface area contributed by atoms with Crippen molar-refractivity contribution in [2.24, 2.45) is 0 Å². The van der Waals surface area contributed by atoms with E-state index in [2.05, 4.69) is 528 Å². The van der Waals surface area contributed by atoms with Crippen LogP contribution in [0.25, 0.3) is 198 Å². The van der Waals surface area contributed by atoms with Crippen molar-refractivity contribution in [2.75, 3.05) is 0 Å². The van der Waals surface area contributed by atoms with Crippen molar-refractivity contribution in [3.05, 3.63) is 554 Å². The van der Waals surface area contributed by atoms with Crippen LogP contribution in [0.4, 0.5) is 0 Å². The highest BCUT2D eigenvalue weighted by Gasteiger charge is 2.49. The highest BCUT2D eigenvalue weighted by atomic mass is 15.0. The van der Waals surface area contributed by atoms with E-state index in [9.17, 15) is 0 Å². The summed E-state index contributed by atoms with van der Waals surface area (Å²) in [6.45, 7) is 0. The summed E-state index contributed by atoms with van der Waals surface area (Å²) in [7, 11) is 0. The molecule has 0 bridgehead atoms. The minimum absolute atomic E-state index is 0.508. The van der Waals surface area contributed by atoms with E-state index in [0.717, 1.165) is 11.4 Å². The van der Waals surface area contributed by atoms with E-state index < -0.39 is 10.8 Å². The molecule has 4 heterocycles. The topological polar surface area (TPSA) is 19.7 Å². The molecule has 0 N–H and O–H groups in total. The Labute approximate surface area is 776 Å². The fourth-order valence-corrected chi connectivity index (χ4v) is 23.4. The zero-order valence-electron chi connectivity index (χ0n) is 73.3. The molecule has 0 saturated carbocycles. The molecule has 0 fully saturated rings. The summed E-state index contributed by atoms with van der Waals surface area (Å²) < 4.78 is 9.85. The van der Waals surface area contributed by atoms with E-state index in [1.165, 1.54) is 231 Å². The van der Waals surface area contributed by atoms with Crippen molar-refractivity contribution >= 4 is 109 Å². The molecule has 28 rings (SSSR count). The maximum Gasteiger partial charge on any atom is 0.0720 e. The Kier molecular flexibility index (Phi) is 17.5. The Morgan fingerprint density at radius 3 is 0.948 bits per heavy atom. The lowest BCUT2D eigenvalue weighted by atomic mass is 9.67. The first kappa shape index (κ1) is 76.6. The second-order valence-electron chi connectivity index (χ2n) is 36.0. The molecular formula is C130H84N4. The minimum atomic E-state index is -0.571. The van der Waals surface area contributed by atoms with Gasteiger partial charge in [-0.05, 0) is 254 Å². The highest BCUT2D eigenvalue weighted by molar-refractivity contribution is 6.21. The van der Waals surface area contributed by atoms with E-state index >= 15 is 0 Å². The van der Waals surface area contributed by atoms with E-state index in [1.54, 1.807) is 0 Å². The third-order valence-electron chi connectivity index (χ3n) is 29.1. The van der Waals surface area contributed by atoms with Gasteiger partial charge >= 0.3 is 0 Å². The predicted molar refractivity (Wildman–Crippen MR) is 562 cm³/mol. The lowest BCUT2D eigenvalue weighted by molar-refractivity contribution is 0.769. The first-order valence-corrected chi connectivity index (χ1v) is 46.5. The Morgan fingerprint density at radius 2 is 0.470 bits per heavy atom. The number of para-hydroxylation sites is 2. The van der Waals surface area contributed by atoms with E-state index in [1.807, 2.05) is 0 Å². The van der Waals surface area contributed by atoms with Gasteiger partial charge in [-0.25, -0.2) is 0 Å². The lowest BCUT2D eigenvalue weighted by Gasteiger charge is -2.34. The van der Waals surface area contributed by atoms with Gasteiger partial charge in [0, 0.05) is 65.8 Å². The standard InChI is InChI=1S/2C65H42N2/c1-4-17-43(18-5-1)46-21-16-26-51(39-46)67-61-37-33-48(47-32-36-60-55(41-47)53-27-13-15-30-59(53)66(60)52-34-31-44-19-10-11-20-45(44)40-52)42-56(61)64-62(67)38-35-58-63(64)54-28-12-14-29-57(54)65(58,49-22-6-2-7-23-49)50-24-8-3-9-25-50;1-4-17-43(18-5-1)46-21-16-26-51(39-46)67-61-37-33-48(47-32-36-60-56(41-47)54-28-13-15-30-59(54)66(60)52-34-31-44-19-10-11-20-45(44)40-52)42-57(61)63-62(67)38-35-55-53-27-12-14-29-58(53)65(64(55)63,49-22-6-2-7-23-49)50-24-8-3-9-25-50/h2*1-42H. The number of benzene rings is 22. The molecule has 26 aromatic rings. The molecule has 4 aromatic heterocycles. The molecule has 22 aromatic carbocycles. The molecule has 0 amide bonds. The van der Waals surface area contributed by atoms with Crippen LogP contribution in [0.5, 0.6) is 0 Å². The zero-order valence-corrected chi connectivity index (χ0v) is 73.3. The maximum absolute atomic E-state index is 2.51. The molecule has 0 atom stereocenters. The van der Waals surface area contributed by atoms with Gasteiger partial charge in [0.15, 0.2) is 0 Å². The second kappa shape index (κ2) is 30.6. The fraction of sp³-hybridized carbons (Fsp3) is 0.0154. The lowest BCUT2D eigenvalue weighted by Crippen LogP contribution is -2.28. The molecular weight excluding hydrogens is 1620 g/mol. The summed E-state index contributed by atoms with van der Waals surface area (Å²) in [4.78, 5) is 0. The Balaban J connectivity index is 0.000000136. The number of hydrogen-bond donors (Lipinski definition) is 0. The Morgan fingerprint density at radius 1 is 0.149 bits per heavy atom. The second-order valence-corrected chi connectivity index (χ2v) is 36.0. The van der Waals surface area contributed by atoms with Crippen molar-refractivity contribution in [1.82, 2.24) is 18.3 Å². The summed E-state index contributed by atoms with van der Waals surface area (Å²) >= 11 is 0. The van der Waals surface area contributed by atoms with Crippen molar-refractivity contribution < 1.29 is 0 Å². The van der Waals surface area contributed by atoms with Crippen LogP contribution in [0.3, 0.4) is 0 Å². The van der Waals surface area contributed by atoms with Crippen LogP contribution in [-0.4, -0.2) is 18.3 Å². The highest BCUT2D eigenvalue weighted by Crippen LogP contribution is 2.62. The van der Waals surface area contributed by atoms with Crippen LogP contribution in [-0.2, 0) is 10.8 Å². The molecule has 4 heteroatoms. The predicted octanol–water partition coefficient (Wildman–Crippen LogP) is 33.5. The minimum Gasteiger partial charge on any atom is -0.309 e.